The van der Waals surface area contributed by atoms with E-state index in [0.29, 0.717) is 12.0 Å². The van der Waals surface area contributed by atoms with Gasteiger partial charge in [0.1, 0.15) is 5.78 Å². The normalized spacial score (nSPS) is 13.4. The lowest BCUT2D eigenvalue weighted by molar-refractivity contribution is -0.122. The zero-order valence-corrected chi connectivity index (χ0v) is 13.1. The van der Waals surface area contributed by atoms with Crippen LogP contribution in [0.1, 0.15) is 38.8 Å². The summed E-state index contributed by atoms with van der Waals surface area (Å²) in [5.41, 5.74) is 2.82. The van der Waals surface area contributed by atoms with Gasteiger partial charge in [-0.05, 0) is 25.3 Å². The number of Topliss-reactive ketones (excluding diaryl/α,β-unsaturated/α-hetero) is 2. The van der Waals surface area contributed by atoms with E-state index in [0.717, 1.165) is 5.56 Å². The molecule has 0 saturated heterocycles. The monoisotopic (exact) mass is 272 g/mol. The van der Waals surface area contributed by atoms with Crippen LogP contribution in [0, 0.1) is 18.8 Å². The van der Waals surface area contributed by atoms with Gasteiger partial charge < -0.3 is 0 Å². The lowest BCUT2D eigenvalue weighted by Gasteiger charge is -2.14. The third-order valence-corrected chi connectivity index (χ3v) is 3.40. The van der Waals surface area contributed by atoms with E-state index < -0.39 is 0 Å². The van der Waals surface area contributed by atoms with Crippen LogP contribution in [0.25, 0.3) is 0 Å². The van der Waals surface area contributed by atoms with E-state index in [1.165, 1.54) is 12.5 Å². The predicted octanol–water partition coefficient (Wildman–Crippen LogP) is 3.91. The Kier molecular flexibility index (Phi) is 5.87. The highest BCUT2D eigenvalue weighted by Gasteiger charge is 2.20. The molecule has 0 heterocycles. The van der Waals surface area contributed by atoms with Gasteiger partial charge in [-0.25, -0.2) is 0 Å². The van der Waals surface area contributed by atoms with Crippen molar-refractivity contribution in [3.05, 3.63) is 47.0 Å². The number of hydrogen-bond donors (Lipinski definition) is 0. The van der Waals surface area contributed by atoms with Crippen molar-refractivity contribution in [1.82, 2.24) is 0 Å². The molecule has 2 heteroatoms. The average molecular weight is 272 g/mol. The molecule has 20 heavy (non-hydrogen) atoms. The molecule has 0 radical (unpaired) electrons. The van der Waals surface area contributed by atoms with Gasteiger partial charge in [-0.3, -0.25) is 9.59 Å². The summed E-state index contributed by atoms with van der Waals surface area (Å²) < 4.78 is 0. The summed E-state index contributed by atoms with van der Waals surface area (Å²) in [6.07, 6.45) is 2.28. The van der Waals surface area contributed by atoms with Crippen LogP contribution in [0.3, 0.4) is 0 Å². The molecular weight excluding hydrogens is 248 g/mol. The highest BCUT2D eigenvalue weighted by molar-refractivity contribution is 6.02. The summed E-state index contributed by atoms with van der Waals surface area (Å²) in [4.78, 5) is 24.0. The maximum Gasteiger partial charge on any atom is 0.163 e. The van der Waals surface area contributed by atoms with Crippen molar-refractivity contribution in [3.8, 4) is 0 Å². The standard InChI is InChI=1S/C18H24O2/c1-12(2)10-17(14(4)15(5)19)18(20)11-16-8-6-13(3)7-9-16/h6-10,12,14H,11H2,1-5H3/b17-10+. The lowest BCUT2D eigenvalue weighted by Crippen LogP contribution is -2.19. The molecule has 0 aliphatic heterocycles. The number of carbonyl (C=O) groups is 2. The van der Waals surface area contributed by atoms with E-state index >= 15 is 0 Å². The fraction of sp³-hybridized carbons (Fsp3) is 0.444. The molecule has 0 aliphatic carbocycles. The molecule has 1 atom stereocenters. The molecule has 0 aromatic heterocycles. The van der Waals surface area contributed by atoms with Gasteiger partial charge in [0.2, 0.25) is 0 Å². The summed E-state index contributed by atoms with van der Waals surface area (Å²) in [6.45, 7) is 9.41. The molecule has 1 rings (SSSR count). The van der Waals surface area contributed by atoms with Crippen LogP contribution in [0.15, 0.2) is 35.9 Å². The van der Waals surface area contributed by atoms with Crippen LogP contribution < -0.4 is 0 Å². The van der Waals surface area contributed by atoms with Gasteiger partial charge in [0.25, 0.3) is 0 Å². The zero-order valence-electron chi connectivity index (χ0n) is 13.1. The van der Waals surface area contributed by atoms with Crippen molar-refractivity contribution in [2.24, 2.45) is 11.8 Å². The first kappa shape index (κ1) is 16.4. The van der Waals surface area contributed by atoms with Crippen LogP contribution >= 0.6 is 0 Å². The van der Waals surface area contributed by atoms with Crippen molar-refractivity contribution in [2.45, 2.75) is 41.0 Å². The van der Waals surface area contributed by atoms with Crippen molar-refractivity contribution in [1.29, 1.82) is 0 Å². The Hall–Kier alpha value is -1.70. The first-order chi connectivity index (χ1) is 9.31. The van der Waals surface area contributed by atoms with E-state index in [9.17, 15) is 9.59 Å². The highest BCUT2D eigenvalue weighted by atomic mass is 16.1. The number of benzene rings is 1. The maximum atomic E-state index is 12.5. The van der Waals surface area contributed by atoms with Crippen molar-refractivity contribution < 1.29 is 9.59 Å². The third kappa shape index (κ3) is 4.76. The fourth-order valence-electron chi connectivity index (χ4n) is 2.05. The number of carbonyl (C=O) groups excluding carboxylic acids is 2. The number of ketones is 2. The van der Waals surface area contributed by atoms with E-state index in [1.54, 1.807) is 0 Å². The Bertz CT molecular complexity index is 507. The van der Waals surface area contributed by atoms with Gasteiger partial charge in [0.05, 0.1) is 0 Å². The van der Waals surface area contributed by atoms with Crippen LogP contribution in [0.5, 0.6) is 0 Å². The number of allylic oxidation sites excluding steroid dienone is 2. The van der Waals surface area contributed by atoms with Gasteiger partial charge in [0.15, 0.2) is 5.78 Å². The summed E-state index contributed by atoms with van der Waals surface area (Å²) in [6, 6.07) is 7.95. The molecule has 0 aliphatic rings. The second-order valence-electron chi connectivity index (χ2n) is 5.78. The van der Waals surface area contributed by atoms with Crippen LogP contribution in [0.4, 0.5) is 0 Å². The third-order valence-electron chi connectivity index (χ3n) is 3.40. The summed E-state index contributed by atoms with van der Waals surface area (Å²) in [5, 5.41) is 0. The van der Waals surface area contributed by atoms with E-state index in [-0.39, 0.29) is 23.4 Å². The number of hydrogen-bond acceptors (Lipinski definition) is 2. The second-order valence-corrected chi connectivity index (χ2v) is 5.78. The quantitative estimate of drug-likeness (QED) is 0.736. The largest absolute Gasteiger partial charge is 0.299 e. The number of rotatable bonds is 6. The lowest BCUT2D eigenvalue weighted by atomic mass is 9.88. The molecule has 0 bridgehead atoms. The van der Waals surface area contributed by atoms with Gasteiger partial charge in [0, 0.05) is 17.9 Å². The van der Waals surface area contributed by atoms with Crippen LogP contribution in [-0.2, 0) is 16.0 Å². The molecule has 0 amide bonds. The minimum absolute atomic E-state index is 0.0363. The Morgan fingerprint density at radius 2 is 1.65 bits per heavy atom. The van der Waals surface area contributed by atoms with Gasteiger partial charge in [-0.1, -0.05) is 56.7 Å². The number of aryl methyl sites for hydroxylation is 1. The van der Waals surface area contributed by atoms with Crippen LogP contribution in [0.2, 0.25) is 0 Å². The molecule has 0 saturated carbocycles. The van der Waals surface area contributed by atoms with Crippen molar-refractivity contribution in [2.75, 3.05) is 0 Å². The summed E-state index contributed by atoms with van der Waals surface area (Å²) >= 11 is 0. The molecule has 2 nitrogen and oxygen atoms in total. The fourth-order valence-corrected chi connectivity index (χ4v) is 2.05. The molecule has 0 N–H and O–H groups in total. The van der Waals surface area contributed by atoms with Gasteiger partial charge >= 0.3 is 0 Å². The zero-order chi connectivity index (χ0) is 15.3. The Morgan fingerprint density at radius 1 is 1.10 bits per heavy atom. The molecule has 1 aromatic rings. The topological polar surface area (TPSA) is 34.1 Å². The smallest absolute Gasteiger partial charge is 0.163 e. The Morgan fingerprint density at radius 3 is 2.10 bits per heavy atom. The molecule has 0 fully saturated rings. The van der Waals surface area contributed by atoms with E-state index in [4.69, 9.17) is 0 Å². The van der Waals surface area contributed by atoms with Crippen molar-refractivity contribution in [3.63, 3.8) is 0 Å². The maximum absolute atomic E-state index is 12.5. The molecule has 1 unspecified atom stereocenters. The average Bonchev–Trinajstić information content (AvgIpc) is 2.37. The SMILES string of the molecule is CC(=O)C(C)/C(=C\C(C)C)C(=O)Cc1ccc(C)cc1. The predicted molar refractivity (Wildman–Crippen MR) is 82.7 cm³/mol. The van der Waals surface area contributed by atoms with Gasteiger partial charge in [-0.15, -0.1) is 0 Å². The Balaban J connectivity index is 2.94. The minimum Gasteiger partial charge on any atom is -0.299 e. The molecule has 108 valence electrons. The van der Waals surface area contributed by atoms with Crippen LogP contribution in [-0.4, -0.2) is 11.6 Å². The van der Waals surface area contributed by atoms with E-state index in [1.807, 2.05) is 58.0 Å². The first-order valence-electron chi connectivity index (χ1n) is 7.12. The minimum atomic E-state index is -0.324. The summed E-state index contributed by atoms with van der Waals surface area (Å²) in [7, 11) is 0. The summed E-state index contributed by atoms with van der Waals surface area (Å²) in [5.74, 6) is 0.0172. The first-order valence-corrected chi connectivity index (χ1v) is 7.12. The van der Waals surface area contributed by atoms with Gasteiger partial charge in [-0.2, -0.15) is 0 Å². The van der Waals surface area contributed by atoms with Crippen molar-refractivity contribution >= 4 is 11.6 Å². The van der Waals surface area contributed by atoms with E-state index in [2.05, 4.69) is 0 Å². The molecule has 0 spiro atoms. The molecule has 1 aromatic carbocycles. The highest BCUT2D eigenvalue weighted by Crippen LogP contribution is 2.18. The second kappa shape index (κ2) is 7.18. The Labute approximate surface area is 121 Å². The molecular formula is C18H24O2.